The van der Waals surface area contributed by atoms with E-state index in [0.29, 0.717) is 5.56 Å². The Hall–Kier alpha value is -3.44. The first-order valence-electron chi connectivity index (χ1n) is 7.60. The second-order valence-electron chi connectivity index (χ2n) is 5.74. The molecule has 0 radical (unpaired) electrons. The number of nitrogen functional groups attached to an aromatic ring is 1. The summed E-state index contributed by atoms with van der Waals surface area (Å²) >= 11 is 0. The van der Waals surface area contributed by atoms with E-state index in [1.165, 1.54) is 19.1 Å². The fourth-order valence-corrected chi connectivity index (χ4v) is 2.58. The first-order valence-corrected chi connectivity index (χ1v) is 7.60. The third-order valence-corrected chi connectivity index (χ3v) is 3.82. The van der Waals surface area contributed by atoms with Crippen LogP contribution in [0.2, 0.25) is 0 Å². The standard InChI is InChI=1S/C17H8F8N4/c1-5-2-3-7(6(26)4-5)29(12-8(18)14(22)27-15(23)9(12)19)13-10(20)16(24)28-17(25)11(13)21/h2-4H,26H2,1H3. The van der Waals surface area contributed by atoms with Gasteiger partial charge in [-0.25, -0.2) is 0 Å². The molecule has 29 heavy (non-hydrogen) atoms. The molecule has 0 atom stereocenters. The van der Waals surface area contributed by atoms with Crippen LogP contribution in [0.4, 0.5) is 57.9 Å². The van der Waals surface area contributed by atoms with Gasteiger partial charge in [-0.05, 0) is 24.6 Å². The van der Waals surface area contributed by atoms with Crippen molar-refractivity contribution in [2.24, 2.45) is 0 Å². The van der Waals surface area contributed by atoms with Gasteiger partial charge in [0.2, 0.25) is 23.3 Å². The summed E-state index contributed by atoms with van der Waals surface area (Å²) < 4.78 is 112. The maximum Gasteiger partial charge on any atom is 0.253 e. The molecule has 3 rings (SSSR count). The van der Waals surface area contributed by atoms with Crippen LogP contribution in [0, 0.1) is 54.0 Å². The van der Waals surface area contributed by atoms with E-state index < -0.39 is 69.8 Å². The molecule has 2 heterocycles. The lowest BCUT2D eigenvalue weighted by Crippen LogP contribution is -2.22. The van der Waals surface area contributed by atoms with Crippen LogP contribution < -0.4 is 10.6 Å². The molecule has 1 aromatic carbocycles. The lowest BCUT2D eigenvalue weighted by atomic mass is 10.1. The van der Waals surface area contributed by atoms with Crippen molar-refractivity contribution in [2.45, 2.75) is 6.92 Å². The lowest BCUT2D eigenvalue weighted by molar-refractivity contribution is 0.402. The third kappa shape index (κ3) is 3.30. The van der Waals surface area contributed by atoms with Gasteiger partial charge < -0.3 is 5.73 Å². The van der Waals surface area contributed by atoms with Crippen LogP contribution in [0.1, 0.15) is 5.56 Å². The van der Waals surface area contributed by atoms with Crippen LogP contribution in [0.15, 0.2) is 18.2 Å². The molecule has 0 aliphatic heterocycles. The lowest BCUT2D eigenvalue weighted by Gasteiger charge is -2.28. The molecule has 0 amide bonds. The Morgan fingerprint density at radius 3 is 1.41 bits per heavy atom. The van der Waals surface area contributed by atoms with Gasteiger partial charge in [0.05, 0.1) is 11.4 Å². The van der Waals surface area contributed by atoms with Crippen LogP contribution in [0.5, 0.6) is 0 Å². The molecule has 0 saturated heterocycles. The van der Waals surface area contributed by atoms with Crippen molar-refractivity contribution in [3.8, 4) is 0 Å². The van der Waals surface area contributed by atoms with Gasteiger partial charge in [0.25, 0.3) is 23.8 Å². The molecule has 0 saturated carbocycles. The second kappa shape index (κ2) is 7.18. The summed E-state index contributed by atoms with van der Waals surface area (Å²) in [5.41, 5.74) is 1.68. The van der Waals surface area contributed by atoms with E-state index in [2.05, 4.69) is 9.97 Å². The Bertz CT molecular complexity index is 1020. The summed E-state index contributed by atoms with van der Waals surface area (Å²) in [5.74, 6) is -17.5. The number of hydrogen-bond acceptors (Lipinski definition) is 4. The van der Waals surface area contributed by atoms with Gasteiger partial charge in [-0.1, -0.05) is 6.07 Å². The Morgan fingerprint density at radius 1 is 0.690 bits per heavy atom. The summed E-state index contributed by atoms with van der Waals surface area (Å²) in [6.45, 7) is 1.53. The monoisotopic (exact) mass is 420 g/mol. The molecule has 0 bridgehead atoms. The number of benzene rings is 1. The summed E-state index contributed by atoms with van der Waals surface area (Å²) in [5, 5.41) is 0. The van der Waals surface area contributed by atoms with E-state index in [1.807, 2.05) is 0 Å². The van der Waals surface area contributed by atoms with Gasteiger partial charge in [0, 0.05) is 0 Å². The Balaban J connectivity index is 2.51. The highest BCUT2D eigenvalue weighted by Gasteiger charge is 2.34. The molecule has 0 aliphatic rings. The predicted octanol–water partition coefficient (Wildman–Crippen LogP) is 4.95. The molecule has 4 nitrogen and oxygen atoms in total. The molecular weight excluding hydrogens is 412 g/mol. The highest BCUT2D eigenvalue weighted by atomic mass is 19.2. The van der Waals surface area contributed by atoms with E-state index in [-0.39, 0.29) is 4.90 Å². The van der Waals surface area contributed by atoms with Crippen LogP contribution >= 0.6 is 0 Å². The smallest absolute Gasteiger partial charge is 0.253 e. The van der Waals surface area contributed by atoms with Gasteiger partial charge in [0.1, 0.15) is 11.4 Å². The predicted molar refractivity (Wildman–Crippen MR) is 85.5 cm³/mol. The molecule has 2 aromatic heterocycles. The summed E-state index contributed by atoms with van der Waals surface area (Å²) in [6.07, 6.45) is 0. The van der Waals surface area contributed by atoms with Crippen LogP contribution in [0.25, 0.3) is 0 Å². The highest BCUT2D eigenvalue weighted by Crippen LogP contribution is 2.44. The number of aryl methyl sites for hydroxylation is 1. The molecule has 3 aromatic rings. The van der Waals surface area contributed by atoms with Gasteiger partial charge in [-0.2, -0.15) is 45.1 Å². The number of halogens is 8. The van der Waals surface area contributed by atoms with Crippen molar-refractivity contribution in [2.75, 3.05) is 10.6 Å². The van der Waals surface area contributed by atoms with Gasteiger partial charge >= 0.3 is 0 Å². The zero-order valence-electron chi connectivity index (χ0n) is 14.2. The van der Waals surface area contributed by atoms with E-state index in [0.717, 1.165) is 6.07 Å². The second-order valence-corrected chi connectivity index (χ2v) is 5.74. The van der Waals surface area contributed by atoms with E-state index in [1.54, 1.807) is 0 Å². The molecule has 0 spiro atoms. The molecule has 0 fully saturated rings. The van der Waals surface area contributed by atoms with Gasteiger partial charge in [-0.15, -0.1) is 0 Å². The van der Waals surface area contributed by atoms with Crippen LogP contribution in [-0.2, 0) is 0 Å². The van der Waals surface area contributed by atoms with Crippen molar-refractivity contribution >= 4 is 22.7 Å². The minimum absolute atomic E-state index is 0.133. The number of hydrogen-bond donors (Lipinski definition) is 1. The zero-order valence-corrected chi connectivity index (χ0v) is 14.2. The zero-order chi connectivity index (χ0) is 21.6. The normalized spacial score (nSPS) is 11.1. The molecule has 0 unspecified atom stereocenters. The number of anilines is 4. The fourth-order valence-electron chi connectivity index (χ4n) is 2.58. The number of pyridine rings is 2. The van der Waals surface area contributed by atoms with Crippen molar-refractivity contribution in [1.29, 1.82) is 0 Å². The van der Waals surface area contributed by atoms with Crippen molar-refractivity contribution in [3.63, 3.8) is 0 Å². The van der Waals surface area contributed by atoms with E-state index >= 15 is 0 Å². The molecule has 152 valence electrons. The Kier molecular flexibility index (Phi) is 5.03. The topological polar surface area (TPSA) is 55.0 Å². The summed E-state index contributed by atoms with van der Waals surface area (Å²) in [7, 11) is 0. The van der Waals surface area contributed by atoms with Crippen molar-refractivity contribution in [3.05, 3.63) is 70.8 Å². The van der Waals surface area contributed by atoms with E-state index in [4.69, 9.17) is 5.73 Å². The maximum atomic E-state index is 14.4. The average molecular weight is 420 g/mol. The fraction of sp³-hybridized carbons (Fsp3) is 0.0588. The Morgan fingerprint density at radius 2 is 1.07 bits per heavy atom. The van der Waals surface area contributed by atoms with Crippen LogP contribution in [-0.4, -0.2) is 9.97 Å². The molecule has 0 aliphatic carbocycles. The number of rotatable bonds is 3. The SMILES string of the molecule is Cc1ccc(N(c2c(F)c(F)nc(F)c2F)c2c(F)c(F)nc(F)c2F)c(N)c1. The quantitative estimate of drug-likeness (QED) is 0.370. The number of nitrogens with two attached hydrogens (primary N) is 1. The average Bonchev–Trinajstić information content (AvgIpc) is 2.64. The third-order valence-electron chi connectivity index (χ3n) is 3.82. The maximum absolute atomic E-state index is 14.4. The number of aromatic nitrogens is 2. The van der Waals surface area contributed by atoms with Gasteiger partial charge in [-0.3, -0.25) is 4.90 Å². The first-order chi connectivity index (χ1) is 13.5. The highest BCUT2D eigenvalue weighted by molar-refractivity contribution is 5.84. The first kappa shape index (κ1) is 20.3. The number of nitrogens with zero attached hydrogens (tertiary/aromatic N) is 3. The van der Waals surface area contributed by atoms with Crippen molar-refractivity contribution < 1.29 is 35.1 Å². The largest absolute Gasteiger partial charge is 0.397 e. The summed E-state index contributed by atoms with van der Waals surface area (Å²) in [6, 6.07) is 3.40. The van der Waals surface area contributed by atoms with Crippen LogP contribution in [0.3, 0.4) is 0 Å². The van der Waals surface area contributed by atoms with Gasteiger partial charge in [0.15, 0.2) is 0 Å². The summed E-state index contributed by atoms with van der Waals surface area (Å²) in [4.78, 5) is 4.53. The van der Waals surface area contributed by atoms with Crippen molar-refractivity contribution in [1.82, 2.24) is 9.97 Å². The minimum Gasteiger partial charge on any atom is -0.397 e. The van der Waals surface area contributed by atoms with E-state index in [9.17, 15) is 35.1 Å². The molecule has 12 heteroatoms. The Labute approximate surface area is 157 Å². The minimum atomic E-state index is -2.19. The molecule has 2 N–H and O–H groups in total. The molecular formula is C17H8F8N4.